The van der Waals surface area contributed by atoms with Gasteiger partial charge in [-0.2, -0.15) is 0 Å². The highest BCUT2D eigenvalue weighted by Gasteiger charge is 2.25. The van der Waals surface area contributed by atoms with Gasteiger partial charge in [-0.05, 0) is 54.1 Å². The zero-order valence-corrected chi connectivity index (χ0v) is 28.3. The Balaban J connectivity index is 1.51. The maximum Gasteiger partial charge on any atom is 0.319 e. The third kappa shape index (κ3) is 10.1. The molecule has 4 aromatic carbocycles. The van der Waals surface area contributed by atoms with Crippen molar-refractivity contribution in [3.63, 3.8) is 0 Å². The molecule has 0 aliphatic rings. The van der Waals surface area contributed by atoms with Gasteiger partial charge in [0, 0.05) is 37.2 Å². The molecule has 0 saturated carbocycles. The molecule has 260 valence electrons. The topological polar surface area (TPSA) is 147 Å². The molecule has 0 radical (unpaired) electrons. The molecule has 0 aromatic heterocycles. The van der Waals surface area contributed by atoms with Crippen LogP contribution in [0.3, 0.4) is 0 Å². The number of rotatable bonds is 14. The van der Waals surface area contributed by atoms with E-state index in [1.165, 1.54) is 28.9 Å². The lowest BCUT2D eigenvalue weighted by Crippen LogP contribution is -2.46. The Morgan fingerprint density at radius 1 is 0.700 bits per heavy atom. The van der Waals surface area contributed by atoms with Crippen molar-refractivity contribution in [3.8, 4) is 11.5 Å². The fourth-order valence-corrected chi connectivity index (χ4v) is 4.77. The lowest BCUT2D eigenvalue weighted by molar-refractivity contribution is -0.139. The van der Waals surface area contributed by atoms with Gasteiger partial charge in [0.1, 0.15) is 18.0 Å². The maximum absolute atomic E-state index is 13.8. The summed E-state index contributed by atoms with van der Waals surface area (Å²) in [5, 5.41) is 5.17. The predicted octanol–water partition coefficient (Wildman–Crippen LogP) is 4.27. The first-order chi connectivity index (χ1) is 24.1. The van der Waals surface area contributed by atoms with Gasteiger partial charge < -0.3 is 34.6 Å². The van der Waals surface area contributed by atoms with Crippen molar-refractivity contribution in [2.24, 2.45) is 0 Å². The fourth-order valence-electron chi connectivity index (χ4n) is 4.77. The largest absolute Gasteiger partial charge is 0.497 e. The van der Waals surface area contributed by atoms with Crippen LogP contribution >= 0.6 is 0 Å². The van der Waals surface area contributed by atoms with Crippen molar-refractivity contribution in [1.29, 1.82) is 0 Å². The minimum Gasteiger partial charge on any atom is -0.497 e. The zero-order valence-electron chi connectivity index (χ0n) is 28.3. The van der Waals surface area contributed by atoms with E-state index in [4.69, 9.17) is 14.2 Å². The van der Waals surface area contributed by atoms with Gasteiger partial charge in [-0.1, -0.05) is 48.5 Å². The standard InChI is InChI=1S/C37H39N5O8/c1-40(28-14-6-5-7-15-28)34(44)24-42(33(43)23-38-37(47)39-27-13-10-12-26(20-27)21-36(46)49-4)31-18-8-9-19-32(31)50-25-35(45)41(2)29-16-11-17-30(22-29)48-3/h5-20,22H,21,23-25H2,1-4H3,(H2,38,39,47). The predicted molar refractivity (Wildman–Crippen MR) is 190 cm³/mol. The van der Waals surface area contributed by atoms with E-state index in [-0.39, 0.29) is 30.4 Å². The normalized spacial score (nSPS) is 10.3. The van der Waals surface area contributed by atoms with Crippen LogP contribution in [-0.2, 0) is 30.3 Å². The molecule has 0 heterocycles. The highest BCUT2D eigenvalue weighted by molar-refractivity contribution is 6.06. The monoisotopic (exact) mass is 681 g/mol. The number of para-hydroxylation sites is 3. The Morgan fingerprint density at radius 3 is 2.12 bits per heavy atom. The fraction of sp³-hybridized carbons (Fsp3) is 0.216. The number of nitrogens with zero attached hydrogens (tertiary/aromatic N) is 3. The molecule has 0 fully saturated rings. The maximum atomic E-state index is 13.8. The quantitative estimate of drug-likeness (QED) is 0.188. The summed E-state index contributed by atoms with van der Waals surface area (Å²) in [5.41, 5.74) is 2.46. The van der Waals surface area contributed by atoms with E-state index in [9.17, 15) is 24.0 Å². The number of esters is 1. The number of methoxy groups -OCH3 is 2. The van der Waals surface area contributed by atoms with Crippen molar-refractivity contribution < 1.29 is 38.2 Å². The number of hydrogen-bond acceptors (Lipinski definition) is 8. The molecule has 13 heteroatoms. The molecule has 5 amide bonds. The number of likely N-dealkylation sites (N-methyl/N-ethyl adjacent to an activating group) is 2. The van der Waals surface area contributed by atoms with Gasteiger partial charge in [0.15, 0.2) is 6.61 Å². The summed E-state index contributed by atoms with van der Waals surface area (Å²) in [7, 11) is 6.02. The van der Waals surface area contributed by atoms with Crippen molar-refractivity contribution in [2.45, 2.75) is 6.42 Å². The number of urea groups is 1. The van der Waals surface area contributed by atoms with Gasteiger partial charge in [0.2, 0.25) is 11.8 Å². The average molecular weight is 682 g/mol. The molecule has 4 aromatic rings. The van der Waals surface area contributed by atoms with Gasteiger partial charge >= 0.3 is 12.0 Å². The highest BCUT2D eigenvalue weighted by atomic mass is 16.5. The van der Waals surface area contributed by atoms with Crippen LogP contribution in [0.25, 0.3) is 0 Å². The molecule has 0 aliphatic heterocycles. The van der Waals surface area contributed by atoms with Gasteiger partial charge in [0.05, 0.1) is 32.9 Å². The van der Waals surface area contributed by atoms with Gasteiger partial charge in [-0.25, -0.2) is 4.79 Å². The molecule has 0 spiro atoms. The van der Waals surface area contributed by atoms with Crippen LogP contribution in [0.5, 0.6) is 11.5 Å². The minimum atomic E-state index is -0.683. The Kier molecular flexibility index (Phi) is 12.9. The lowest BCUT2D eigenvalue weighted by atomic mass is 10.1. The molecular formula is C37H39N5O8. The number of hydrogen-bond donors (Lipinski definition) is 2. The number of carbonyl (C=O) groups excluding carboxylic acids is 5. The molecule has 4 rings (SSSR count). The molecule has 13 nitrogen and oxygen atoms in total. The summed E-state index contributed by atoms with van der Waals surface area (Å²) >= 11 is 0. The summed E-state index contributed by atoms with van der Waals surface area (Å²) in [6, 6.07) is 28.4. The van der Waals surface area contributed by atoms with E-state index in [0.29, 0.717) is 28.4 Å². The Morgan fingerprint density at radius 2 is 1.38 bits per heavy atom. The van der Waals surface area contributed by atoms with Crippen LogP contribution in [0.1, 0.15) is 5.56 Å². The van der Waals surface area contributed by atoms with E-state index in [2.05, 4.69) is 10.6 Å². The van der Waals surface area contributed by atoms with Crippen LogP contribution in [0.2, 0.25) is 0 Å². The lowest BCUT2D eigenvalue weighted by Gasteiger charge is -2.27. The number of nitrogens with one attached hydrogen (secondary N) is 2. The summed E-state index contributed by atoms with van der Waals surface area (Å²) in [6.07, 6.45) is 0.0247. The number of ether oxygens (including phenoxy) is 3. The second-order valence-corrected chi connectivity index (χ2v) is 10.9. The molecule has 0 saturated heterocycles. The van der Waals surface area contributed by atoms with Crippen LogP contribution in [-0.4, -0.2) is 77.7 Å². The summed E-state index contributed by atoms with van der Waals surface area (Å²) in [6.45, 7) is -1.26. The van der Waals surface area contributed by atoms with Crippen molar-refractivity contribution in [3.05, 3.63) is 109 Å². The number of benzene rings is 4. The number of anilines is 4. The first-order valence-electron chi connectivity index (χ1n) is 15.5. The Labute approximate surface area is 290 Å². The van der Waals surface area contributed by atoms with Crippen molar-refractivity contribution in [2.75, 3.05) is 68.0 Å². The van der Waals surface area contributed by atoms with Crippen LogP contribution < -0.4 is 34.8 Å². The summed E-state index contributed by atoms with van der Waals surface area (Å²) < 4.78 is 15.9. The first kappa shape index (κ1) is 36.5. The smallest absolute Gasteiger partial charge is 0.319 e. The zero-order chi connectivity index (χ0) is 36.0. The summed E-state index contributed by atoms with van der Waals surface area (Å²) in [4.78, 5) is 68.9. The van der Waals surface area contributed by atoms with Gasteiger partial charge in [0.25, 0.3) is 5.91 Å². The molecule has 0 aliphatic carbocycles. The molecule has 50 heavy (non-hydrogen) atoms. The van der Waals surface area contributed by atoms with E-state index in [1.807, 2.05) is 6.07 Å². The van der Waals surface area contributed by atoms with Crippen LogP contribution in [0.15, 0.2) is 103 Å². The van der Waals surface area contributed by atoms with E-state index in [1.54, 1.807) is 111 Å². The van der Waals surface area contributed by atoms with E-state index in [0.717, 1.165) is 0 Å². The summed E-state index contributed by atoms with van der Waals surface area (Å²) in [5.74, 6) is -1.08. The van der Waals surface area contributed by atoms with Crippen molar-refractivity contribution in [1.82, 2.24) is 5.32 Å². The number of amides is 5. The molecule has 2 N–H and O–H groups in total. The molecule has 0 atom stereocenters. The average Bonchev–Trinajstić information content (AvgIpc) is 3.14. The van der Waals surface area contributed by atoms with Crippen LogP contribution in [0.4, 0.5) is 27.5 Å². The third-order valence-corrected chi connectivity index (χ3v) is 7.60. The highest BCUT2D eigenvalue weighted by Crippen LogP contribution is 2.29. The van der Waals surface area contributed by atoms with Crippen LogP contribution in [0, 0.1) is 0 Å². The van der Waals surface area contributed by atoms with Crippen molar-refractivity contribution >= 4 is 52.5 Å². The molecule has 0 bridgehead atoms. The Hall–Kier alpha value is -6.37. The van der Waals surface area contributed by atoms with E-state index >= 15 is 0 Å². The SMILES string of the molecule is COC(=O)Cc1cccc(NC(=O)NCC(=O)N(CC(=O)N(C)c2ccccc2)c2ccccc2OCC(=O)N(C)c2cccc(OC)c2)c1. The third-order valence-electron chi connectivity index (χ3n) is 7.60. The molecular weight excluding hydrogens is 642 g/mol. The minimum absolute atomic E-state index is 0.0247. The van der Waals surface area contributed by atoms with Gasteiger partial charge in [-0.15, -0.1) is 0 Å². The second-order valence-electron chi connectivity index (χ2n) is 10.9. The second kappa shape index (κ2) is 17.7. The first-order valence-corrected chi connectivity index (χ1v) is 15.5. The van der Waals surface area contributed by atoms with E-state index < -0.39 is 36.9 Å². The number of carbonyl (C=O) groups is 5. The molecule has 0 unspecified atom stereocenters. The Bertz CT molecular complexity index is 1820. The van der Waals surface area contributed by atoms with Gasteiger partial charge in [-0.3, -0.25) is 24.1 Å².